The fraction of sp³-hybridized carbons (Fsp3) is 0.400. The van der Waals surface area contributed by atoms with Crippen molar-refractivity contribution in [3.05, 3.63) is 62.1 Å². The fourth-order valence-electron chi connectivity index (χ4n) is 4.91. The molecule has 0 aliphatic carbocycles. The Labute approximate surface area is 254 Å². The highest BCUT2D eigenvalue weighted by Gasteiger charge is 2.27. The van der Waals surface area contributed by atoms with Gasteiger partial charge in [-0.05, 0) is 60.2 Å². The molecule has 0 aromatic heterocycles. The van der Waals surface area contributed by atoms with E-state index in [4.69, 9.17) is 42.1 Å². The highest BCUT2D eigenvalue weighted by atomic mass is 35.5. The van der Waals surface area contributed by atoms with Gasteiger partial charge in [0.15, 0.2) is 11.5 Å². The number of nitrogens with zero attached hydrogens (tertiary/aromatic N) is 1. The van der Waals surface area contributed by atoms with Gasteiger partial charge in [-0.15, -0.1) is 0 Å². The summed E-state index contributed by atoms with van der Waals surface area (Å²) in [4.78, 5) is 51.3. The average molecular weight is 622 g/mol. The van der Waals surface area contributed by atoms with Crippen LogP contribution in [0.15, 0.2) is 29.8 Å². The highest BCUT2D eigenvalue weighted by Crippen LogP contribution is 2.41. The van der Waals surface area contributed by atoms with E-state index < -0.39 is 11.9 Å². The van der Waals surface area contributed by atoms with Crippen molar-refractivity contribution in [3.63, 3.8) is 0 Å². The molecule has 2 aromatic carbocycles. The van der Waals surface area contributed by atoms with Crippen LogP contribution in [0.2, 0.25) is 10.0 Å². The number of carbonyl (C=O) groups excluding carboxylic acids is 4. The molecule has 2 aromatic rings. The molecule has 0 bridgehead atoms. The highest BCUT2D eigenvalue weighted by molar-refractivity contribution is 6.33. The van der Waals surface area contributed by atoms with Crippen molar-refractivity contribution in [1.82, 2.24) is 4.90 Å². The van der Waals surface area contributed by atoms with E-state index in [2.05, 4.69) is 4.74 Å². The summed E-state index contributed by atoms with van der Waals surface area (Å²) >= 11 is 13.1. The topological polar surface area (TPSA) is 118 Å². The number of carbonyl (C=O) groups is 4. The molecule has 10 nitrogen and oxygen atoms in total. The summed E-state index contributed by atoms with van der Waals surface area (Å²) in [6.45, 7) is 0.856. The largest absolute Gasteiger partial charge is 0.494 e. The molecule has 1 aliphatic heterocycles. The van der Waals surface area contributed by atoms with E-state index in [1.807, 2.05) is 0 Å². The molecule has 226 valence electrons. The lowest BCUT2D eigenvalue weighted by atomic mass is 9.86. The van der Waals surface area contributed by atoms with Crippen molar-refractivity contribution >= 4 is 52.6 Å². The van der Waals surface area contributed by atoms with Gasteiger partial charge in [-0.2, -0.15) is 0 Å². The molecule has 42 heavy (non-hydrogen) atoms. The van der Waals surface area contributed by atoms with E-state index in [1.165, 1.54) is 35.5 Å². The fourth-order valence-corrected chi connectivity index (χ4v) is 5.50. The second-order valence-corrected chi connectivity index (χ2v) is 10.2. The number of piperidine rings is 1. The first kappa shape index (κ1) is 32.8. The van der Waals surface area contributed by atoms with Crippen LogP contribution in [0.4, 0.5) is 0 Å². The molecule has 1 aliphatic rings. The zero-order chi connectivity index (χ0) is 31.0. The number of hydrogen-bond acceptors (Lipinski definition) is 9. The third-order valence-corrected chi connectivity index (χ3v) is 7.52. The minimum Gasteiger partial charge on any atom is -0.494 e. The van der Waals surface area contributed by atoms with E-state index in [1.54, 1.807) is 29.2 Å². The molecule has 0 atom stereocenters. The average Bonchev–Trinajstić information content (AvgIpc) is 2.99. The van der Waals surface area contributed by atoms with Gasteiger partial charge in [0.1, 0.15) is 11.1 Å². The van der Waals surface area contributed by atoms with Crippen molar-refractivity contribution in [3.8, 4) is 11.5 Å². The standard InChI is InChI=1S/C30H33Cl2NO9/c1-38-25(35)8-6-7-24(34)33-11-9-17(10-12-33)26(18-13-20(29(36)41-4)27(39-2)22(31)15-18)19-14-21(30(37)42-5)28(40-3)23(32)16-19/h13-16H,6-12H2,1-5H3. The van der Waals surface area contributed by atoms with Crippen LogP contribution in [0.5, 0.6) is 11.5 Å². The van der Waals surface area contributed by atoms with Gasteiger partial charge in [0, 0.05) is 25.9 Å². The number of likely N-dealkylation sites (tertiary alicyclic amines) is 1. The summed E-state index contributed by atoms with van der Waals surface area (Å²) in [5.41, 5.74) is 2.98. The van der Waals surface area contributed by atoms with E-state index in [9.17, 15) is 19.2 Å². The summed E-state index contributed by atoms with van der Waals surface area (Å²) in [5, 5.41) is 0.360. The van der Waals surface area contributed by atoms with Crippen LogP contribution in [0, 0.1) is 0 Å². The predicted octanol–water partition coefficient (Wildman–Crippen LogP) is 5.35. The number of amides is 1. The minimum absolute atomic E-state index is 0.0551. The third-order valence-electron chi connectivity index (χ3n) is 6.96. The summed E-state index contributed by atoms with van der Waals surface area (Å²) in [6, 6.07) is 6.54. The predicted molar refractivity (Wildman–Crippen MR) is 156 cm³/mol. The second-order valence-electron chi connectivity index (χ2n) is 9.35. The first-order valence-electron chi connectivity index (χ1n) is 13.1. The molecule has 12 heteroatoms. The Morgan fingerprint density at radius 3 is 1.60 bits per heavy atom. The molecular weight excluding hydrogens is 589 g/mol. The molecule has 0 saturated carbocycles. The smallest absolute Gasteiger partial charge is 0.341 e. The number of esters is 3. The van der Waals surface area contributed by atoms with Crippen molar-refractivity contribution in [2.75, 3.05) is 48.6 Å². The van der Waals surface area contributed by atoms with Crippen LogP contribution >= 0.6 is 23.2 Å². The van der Waals surface area contributed by atoms with Gasteiger partial charge < -0.3 is 28.6 Å². The summed E-state index contributed by atoms with van der Waals surface area (Å²) < 4.78 is 25.3. The molecular formula is C30H33Cl2NO9. The Balaban J connectivity index is 2.12. The number of halogens is 2. The van der Waals surface area contributed by atoms with Crippen LogP contribution in [0.3, 0.4) is 0 Å². The van der Waals surface area contributed by atoms with Gasteiger partial charge >= 0.3 is 17.9 Å². The van der Waals surface area contributed by atoms with Gasteiger partial charge in [0.05, 0.1) is 45.6 Å². The lowest BCUT2D eigenvalue weighted by molar-refractivity contribution is -0.140. The van der Waals surface area contributed by atoms with Crippen LogP contribution in [-0.2, 0) is 23.8 Å². The second kappa shape index (κ2) is 14.9. The Morgan fingerprint density at radius 2 is 1.19 bits per heavy atom. The maximum Gasteiger partial charge on any atom is 0.341 e. The van der Waals surface area contributed by atoms with Gasteiger partial charge in [-0.1, -0.05) is 28.8 Å². The van der Waals surface area contributed by atoms with Gasteiger partial charge in [0.25, 0.3) is 0 Å². The van der Waals surface area contributed by atoms with E-state index >= 15 is 0 Å². The summed E-state index contributed by atoms with van der Waals surface area (Å²) in [6.07, 6.45) is 1.79. The van der Waals surface area contributed by atoms with E-state index in [0.29, 0.717) is 49.1 Å². The SMILES string of the molecule is COC(=O)CCCC(=O)N1CCC(=C(c2cc(Cl)c(OC)c(C(=O)OC)c2)c2cc(Cl)c(OC)c(C(=O)OC)c2)CC1. The van der Waals surface area contributed by atoms with Crippen molar-refractivity contribution < 1.29 is 42.9 Å². The summed E-state index contributed by atoms with van der Waals surface area (Å²) in [7, 11) is 6.62. The van der Waals surface area contributed by atoms with Gasteiger partial charge in [0.2, 0.25) is 5.91 Å². The van der Waals surface area contributed by atoms with Crippen molar-refractivity contribution in [2.45, 2.75) is 32.1 Å². The molecule has 3 rings (SSSR count). The Kier molecular flexibility index (Phi) is 11.6. The first-order chi connectivity index (χ1) is 20.1. The summed E-state index contributed by atoms with van der Waals surface area (Å²) in [5.74, 6) is -1.38. The Hall–Kier alpha value is -3.76. The number of benzene rings is 2. The molecule has 1 amide bonds. The maximum absolute atomic E-state index is 12.8. The molecule has 1 heterocycles. The van der Waals surface area contributed by atoms with E-state index in [0.717, 1.165) is 5.57 Å². The van der Waals surface area contributed by atoms with Crippen LogP contribution in [-0.4, -0.2) is 77.4 Å². The molecule has 0 N–H and O–H groups in total. The maximum atomic E-state index is 12.8. The zero-order valence-corrected chi connectivity index (χ0v) is 25.6. The zero-order valence-electron chi connectivity index (χ0n) is 24.1. The molecule has 1 fully saturated rings. The van der Waals surface area contributed by atoms with Crippen LogP contribution in [0.25, 0.3) is 5.57 Å². The molecule has 0 unspecified atom stereocenters. The van der Waals surface area contributed by atoms with E-state index in [-0.39, 0.29) is 57.4 Å². The molecule has 0 radical (unpaired) electrons. The lowest BCUT2D eigenvalue weighted by Crippen LogP contribution is -2.36. The third kappa shape index (κ3) is 7.35. The van der Waals surface area contributed by atoms with Crippen molar-refractivity contribution in [2.24, 2.45) is 0 Å². The first-order valence-corrected chi connectivity index (χ1v) is 13.8. The van der Waals surface area contributed by atoms with Crippen LogP contribution in [0.1, 0.15) is 63.9 Å². The quantitative estimate of drug-likeness (QED) is 0.255. The number of ether oxygens (including phenoxy) is 5. The van der Waals surface area contributed by atoms with Crippen LogP contribution < -0.4 is 9.47 Å². The Bertz CT molecular complexity index is 1320. The van der Waals surface area contributed by atoms with Gasteiger partial charge in [-0.3, -0.25) is 9.59 Å². The normalized spacial score (nSPS) is 12.8. The minimum atomic E-state index is -0.643. The number of hydrogen-bond donors (Lipinski definition) is 0. The Morgan fingerprint density at radius 1 is 0.714 bits per heavy atom. The van der Waals surface area contributed by atoms with Gasteiger partial charge in [-0.25, -0.2) is 9.59 Å². The molecule has 1 saturated heterocycles. The van der Waals surface area contributed by atoms with Crippen molar-refractivity contribution in [1.29, 1.82) is 0 Å². The monoisotopic (exact) mass is 621 g/mol. The number of methoxy groups -OCH3 is 5. The number of rotatable bonds is 10. The lowest BCUT2D eigenvalue weighted by Gasteiger charge is -2.31. The molecule has 0 spiro atoms.